The molecule has 0 radical (unpaired) electrons. The molecule has 0 unspecified atom stereocenters. The third kappa shape index (κ3) is 3.07. The summed E-state index contributed by atoms with van der Waals surface area (Å²) in [5, 5.41) is 8.60. The molecule has 1 aromatic carbocycles. The fraction of sp³-hybridized carbons (Fsp3) is 0.385. The number of fused-ring (bicyclic) bond motifs is 1. The molecule has 0 spiro atoms. The smallest absolute Gasteiger partial charge is 0.228 e. The molecule has 1 aliphatic rings. The molecule has 96 valence electrons. The van der Waals surface area contributed by atoms with Gasteiger partial charge in [0.05, 0.1) is 6.42 Å². The number of carbonyl (C=O) groups excluding carboxylic acids is 2. The summed E-state index contributed by atoms with van der Waals surface area (Å²) >= 11 is 0. The van der Waals surface area contributed by atoms with E-state index in [1.807, 2.05) is 19.2 Å². The van der Waals surface area contributed by atoms with Gasteiger partial charge in [0.2, 0.25) is 11.8 Å². The van der Waals surface area contributed by atoms with E-state index in [2.05, 4.69) is 16.0 Å². The molecule has 0 aliphatic carbocycles. The van der Waals surface area contributed by atoms with E-state index < -0.39 is 0 Å². The summed E-state index contributed by atoms with van der Waals surface area (Å²) in [7, 11) is 1.86. The molecule has 18 heavy (non-hydrogen) atoms. The minimum Gasteiger partial charge on any atom is -0.326 e. The number of hydrogen-bond acceptors (Lipinski definition) is 3. The lowest BCUT2D eigenvalue weighted by atomic mass is 10.1. The lowest BCUT2D eigenvalue weighted by Gasteiger charge is -2.06. The van der Waals surface area contributed by atoms with Crippen molar-refractivity contribution in [3.63, 3.8) is 0 Å². The molecule has 3 N–H and O–H groups in total. The number of nitrogens with one attached hydrogen (secondary N) is 3. The van der Waals surface area contributed by atoms with Crippen molar-refractivity contribution < 1.29 is 9.59 Å². The molecule has 0 saturated carbocycles. The summed E-state index contributed by atoms with van der Waals surface area (Å²) in [6.45, 7) is 0.829. The molecular weight excluding hydrogens is 230 g/mol. The first-order valence-corrected chi connectivity index (χ1v) is 6.06. The van der Waals surface area contributed by atoms with E-state index >= 15 is 0 Å². The van der Waals surface area contributed by atoms with Crippen molar-refractivity contribution in [2.24, 2.45) is 0 Å². The zero-order chi connectivity index (χ0) is 13.0. The molecule has 0 atom stereocenters. The SMILES string of the molecule is CNCCCC(=O)Nc1ccc2c(c1)CC(=O)N2. The Morgan fingerprint density at radius 3 is 3.06 bits per heavy atom. The standard InChI is InChI=1S/C13H17N3O2/c1-14-6-2-3-12(17)15-10-4-5-11-9(7-10)8-13(18)16-11/h4-5,7,14H,2-3,6,8H2,1H3,(H,15,17)(H,16,18). The lowest BCUT2D eigenvalue weighted by Crippen LogP contribution is -2.15. The van der Waals surface area contributed by atoms with E-state index in [0.717, 1.165) is 29.9 Å². The maximum absolute atomic E-state index is 11.6. The van der Waals surface area contributed by atoms with E-state index in [0.29, 0.717) is 12.8 Å². The number of anilines is 2. The summed E-state index contributed by atoms with van der Waals surface area (Å²) < 4.78 is 0. The summed E-state index contributed by atoms with van der Waals surface area (Å²) in [6.07, 6.45) is 1.70. The van der Waals surface area contributed by atoms with Crippen LogP contribution < -0.4 is 16.0 Å². The lowest BCUT2D eigenvalue weighted by molar-refractivity contribution is -0.116. The second kappa shape index (κ2) is 5.64. The molecule has 5 heteroatoms. The predicted octanol–water partition coefficient (Wildman–Crippen LogP) is 1.12. The fourth-order valence-electron chi connectivity index (χ4n) is 1.96. The Hall–Kier alpha value is -1.88. The fourth-order valence-corrected chi connectivity index (χ4v) is 1.96. The van der Waals surface area contributed by atoms with Gasteiger partial charge < -0.3 is 16.0 Å². The highest BCUT2D eigenvalue weighted by molar-refractivity contribution is 6.00. The van der Waals surface area contributed by atoms with Crippen LogP contribution >= 0.6 is 0 Å². The monoisotopic (exact) mass is 247 g/mol. The summed E-state index contributed by atoms with van der Waals surface area (Å²) in [4.78, 5) is 22.8. The van der Waals surface area contributed by atoms with Crippen molar-refractivity contribution in [2.75, 3.05) is 24.2 Å². The quantitative estimate of drug-likeness (QED) is 0.683. The third-order valence-electron chi connectivity index (χ3n) is 2.84. The maximum atomic E-state index is 11.6. The average Bonchev–Trinajstić information content (AvgIpc) is 2.69. The number of benzene rings is 1. The Kier molecular flexibility index (Phi) is 3.94. The van der Waals surface area contributed by atoms with Crippen molar-refractivity contribution in [3.8, 4) is 0 Å². The van der Waals surface area contributed by atoms with Gasteiger partial charge in [-0.3, -0.25) is 9.59 Å². The third-order valence-corrected chi connectivity index (χ3v) is 2.84. The Morgan fingerprint density at radius 1 is 1.44 bits per heavy atom. The molecule has 5 nitrogen and oxygen atoms in total. The van der Waals surface area contributed by atoms with Crippen molar-refractivity contribution in [3.05, 3.63) is 23.8 Å². The Labute approximate surface area is 106 Å². The van der Waals surface area contributed by atoms with Crippen LogP contribution in [0.4, 0.5) is 11.4 Å². The van der Waals surface area contributed by atoms with E-state index in [1.54, 1.807) is 6.07 Å². The van der Waals surface area contributed by atoms with Crippen molar-refractivity contribution in [2.45, 2.75) is 19.3 Å². The molecule has 1 heterocycles. The molecule has 1 aliphatic heterocycles. The van der Waals surface area contributed by atoms with Crippen molar-refractivity contribution >= 4 is 23.2 Å². The van der Waals surface area contributed by atoms with Gasteiger partial charge in [0, 0.05) is 17.8 Å². The van der Waals surface area contributed by atoms with Crippen LogP contribution in [-0.2, 0) is 16.0 Å². The van der Waals surface area contributed by atoms with Gasteiger partial charge in [0.15, 0.2) is 0 Å². The van der Waals surface area contributed by atoms with Crippen LogP contribution in [0, 0.1) is 0 Å². The van der Waals surface area contributed by atoms with Gasteiger partial charge in [0.1, 0.15) is 0 Å². The van der Waals surface area contributed by atoms with Crippen molar-refractivity contribution in [1.29, 1.82) is 0 Å². The first-order chi connectivity index (χ1) is 8.69. The average molecular weight is 247 g/mol. The van der Waals surface area contributed by atoms with Crippen LogP contribution in [0.2, 0.25) is 0 Å². The summed E-state index contributed by atoms with van der Waals surface area (Å²) in [5.41, 5.74) is 2.53. The highest BCUT2D eigenvalue weighted by Crippen LogP contribution is 2.25. The Bertz CT molecular complexity index is 471. The van der Waals surface area contributed by atoms with Gasteiger partial charge in [-0.2, -0.15) is 0 Å². The zero-order valence-corrected chi connectivity index (χ0v) is 10.4. The van der Waals surface area contributed by atoms with Crippen LogP contribution in [0.1, 0.15) is 18.4 Å². The second-order valence-electron chi connectivity index (χ2n) is 4.35. The molecule has 0 bridgehead atoms. The van der Waals surface area contributed by atoms with Gasteiger partial charge in [-0.1, -0.05) is 0 Å². The minimum absolute atomic E-state index is 0.00230. The van der Waals surface area contributed by atoms with Gasteiger partial charge in [-0.05, 0) is 43.8 Å². The van der Waals surface area contributed by atoms with E-state index in [1.165, 1.54) is 0 Å². The van der Waals surface area contributed by atoms with Crippen LogP contribution in [0.25, 0.3) is 0 Å². The van der Waals surface area contributed by atoms with Crippen molar-refractivity contribution in [1.82, 2.24) is 5.32 Å². The molecular formula is C13H17N3O2. The maximum Gasteiger partial charge on any atom is 0.228 e. The van der Waals surface area contributed by atoms with Crippen LogP contribution in [0.15, 0.2) is 18.2 Å². The van der Waals surface area contributed by atoms with Gasteiger partial charge >= 0.3 is 0 Å². The first-order valence-electron chi connectivity index (χ1n) is 6.06. The van der Waals surface area contributed by atoms with E-state index in [4.69, 9.17) is 0 Å². The Morgan fingerprint density at radius 2 is 2.28 bits per heavy atom. The van der Waals surface area contributed by atoms with Crippen LogP contribution in [0.3, 0.4) is 0 Å². The second-order valence-corrected chi connectivity index (χ2v) is 4.35. The van der Waals surface area contributed by atoms with Gasteiger partial charge in [-0.15, -0.1) is 0 Å². The first kappa shape index (κ1) is 12.6. The zero-order valence-electron chi connectivity index (χ0n) is 10.4. The van der Waals surface area contributed by atoms with Gasteiger partial charge in [0.25, 0.3) is 0 Å². The van der Waals surface area contributed by atoms with Crippen LogP contribution in [0.5, 0.6) is 0 Å². The highest BCUT2D eigenvalue weighted by Gasteiger charge is 2.17. The molecule has 0 aromatic heterocycles. The Balaban J connectivity index is 1.92. The molecule has 0 fully saturated rings. The number of hydrogen-bond donors (Lipinski definition) is 3. The van der Waals surface area contributed by atoms with Crippen LogP contribution in [-0.4, -0.2) is 25.4 Å². The van der Waals surface area contributed by atoms with E-state index in [-0.39, 0.29) is 11.8 Å². The number of carbonyl (C=O) groups is 2. The molecule has 2 rings (SSSR count). The summed E-state index contributed by atoms with van der Waals surface area (Å²) in [6, 6.07) is 5.48. The number of amides is 2. The minimum atomic E-state index is 0.00230. The molecule has 1 aromatic rings. The number of rotatable bonds is 5. The topological polar surface area (TPSA) is 70.2 Å². The molecule has 2 amide bonds. The molecule has 0 saturated heterocycles. The summed E-state index contributed by atoms with van der Waals surface area (Å²) in [5.74, 6) is 0.00461. The van der Waals surface area contributed by atoms with Gasteiger partial charge in [-0.25, -0.2) is 0 Å². The highest BCUT2D eigenvalue weighted by atomic mass is 16.2. The van der Waals surface area contributed by atoms with E-state index in [9.17, 15) is 9.59 Å². The normalized spacial score (nSPS) is 13.1. The predicted molar refractivity (Wildman–Crippen MR) is 70.6 cm³/mol. The largest absolute Gasteiger partial charge is 0.326 e.